The monoisotopic (exact) mass is 1050 g/mol. The Labute approximate surface area is 474 Å². The van der Waals surface area contributed by atoms with Crippen molar-refractivity contribution in [3.8, 4) is 56.1 Å². The lowest BCUT2D eigenvalue weighted by molar-refractivity contribution is 1.17. The minimum atomic E-state index is 0.836. The Hall–Kier alpha value is -11.2. The average molecular weight is 1050 g/mol. The predicted octanol–water partition coefficient (Wildman–Crippen LogP) is 19.1. The zero-order valence-electron chi connectivity index (χ0n) is 44.4. The van der Waals surface area contributed by atoms with Gasteiger partial charge in [-0.15, -0.1) is 0 Å². The highest BCUT2D eigenvalue weighted by Crippen LogP contribution is 2.42. The summed E-state index contributed by atoms with van der Waals surface area (Å²) in [6, 6.07) is 94.7. The molecule has 0 aliphatic carbocycles. The Bertz CT molecular complexity index is 4370. The number of hydrogen-bond donors (Lipinski definition) is 0. The summed E-state index contributed by atoms with van der Waals surface area (Å²) in [7, 11) is 0. The van der Waals surface area contributed by atoms with Gasteiger partial charge in [0.2, 0.25) is 0 Å². The lowest BCUT2D eigenvalue weighted by atomic mass is 9.98. The van der Waals surface area contributed by atoms with Gasteiger partial charge in [0.1, 0.15) is 0 Å². The summed E-state index contributed by atoms with van der Waals surface area (Å²) in [5, 5.41) is 4.49. The maximum Gasteiger partial charge on any atom is 0.0965 e. The fraction of sp³-hybridized carbons (Fsp3) is 0. The molecule has 0 fully saturated rings. The Morgan fingerprint density at radius 1 is 0.244 bits per heavy atom. The normalized spacial score (nSPS) is 11.4. The van der Waals surface area contributed by atoms with Gasteiger partial charge in [-0.1, -0.05) is 146 Å². The van der Waals surface area contributed by atoms with Crippen LogP contribution in [0.25, 0.3) is 99.8 Å². The molecule has 0 unspecified atom stereocenters. The van der Waals surface area contributed by atoms with E-state index in [9.17, 15) is 0 Å². The van der Waals surface area contributed by atoms with Crippen LogP contribution in [0.1, 0.15) is 0 Å². The average Bonchev–Trinajstić information content (AvgIpc) is 4.24. The van der Waals surface area contributed by atoms with Gasteiger partial charge in [-0.25, -0.2) is 0 Å². The summed E-state index contributed by atoms with van der Waals surface area (Å²) < 4.78 is 4.67. The van der Waals surface area contributed by atoms with Crippen LogP contribution in [-0.4, -0.2) is 29.1 Å². The Balaban J connectivity index is 0.680. The van der Waals surface area contributed by atoms with Gasteiger partial charge >= 0.3 is 0 Å². The predicted molar refractivity (Wildman–Crippen MR) is 337 cm³/mol. The second-order valence-electron chi connectivity index (χ2n) is 20.4. The van der Waals surface area contributed by atoms with E-state index >= 15 is 0 Å². The molecule has 5 aromatic heterocycles. The van der Waals surface area contributed by atoms with Crippen LogP contribution >= 0.6 is 0 Å². The number of aromatic nitrogens is 6. The first kappa shape index (κ1) is 47.9. The van der Waals surface area contributed by atoms with E-state index in [0.717, 1.165) is 134 Å². The summed E-state index contributed by atoms with van der Waals surface area (Å²) in [6.45, 7) is 0. The van der Waals surface area contributed by atoms with Crippen molar-refractivity contribution in [1.29, 1.82) is 0 Å². The summed E-state index contributed by atoms with van der Waals surface area (Å²) in [5.74, 6) is 0. The number of para-hydroxylation sites is 4. The number of anilines is 6. The molecule has 0 amide bonds. The first-order chi connectivity index (χ1) is 40.7. The number of pyridine rings is 2. The molecule has 0 spiro atoms. The SMILES string of the molecule is c1ccc(N(c2ccccc2)c2ccc3c(c2)c2cnccc2n3-c2ccc(-c3ccc(-c4nccnc4-c4ccc(-c5ccc(-n6c7ccncc7c7cc(N(c8ccccc8)c8ccccc8)ccc76)cc5)cc4)cc3)cc2)cc1. The smallest absolute Gasteiger partial charge is 0.0965 e. The Morgan fingerprint density at radius 3 is 0.890 bits per heavy atom. The van der Waals surface area contributed by atoms with E-state index in [4.69, 9.17) is 9.97 Å². The number of fused-ring (bicyclic) bond motifs is 6. The first-order valence-corrected chi connectivity index (χ1v) is 27.5. The van der Waals surface area contributed by atoms with E-state index in [0.29, 0.717) is 0 Å². The van der Waals surface area contributed by atoms with Crippen LogP contribution in [0.5, 0.6) is 0 Å². The molecule has 0 aliphatic rings. The second kappa shape index (κ2) is 20.5. The Morgan fingerprint density at radius 2 is 0.549 bits per heavy atom. The molecule has 0 saturated heterocycles. The van der Waals surface area contributed by atoms with Crippen LogP contribution < -0.4 is 9.80 Å². The molecule has 0 bridgehead atoms. The van der Waals surface area contributed by atoms with Gasteiger partial charge in [0, 0.05) is 115 Å². The van der Waals surface area contributed by atoms with Crippen molar-refractivity contribution in [2.24, 2.45) is 0 Å². The quantitative estimate of drug-likeness (QED) is 0.121. The summed E-state index contributed by atoms with van der Waals surface area (Å²) in [5.41, 5.74) is 21.3. The van der Waals surface area contributed by atoms with Gasteiger partial charge in [-0.05, 0) is 144 Å². The molecule has 0 radical (unpaired) electrons. The van der Waals surface area contributed by atoms with E-state index < -0.39 is 0 Å². The van der Waals surface area contributed by atoms with E-state index in [2.05, 4.69) is 296 Å². The zero-order chi connectivity index (χ0) is 54.3. The number of hydrogen-bond acceptors (Lipinski definition) is 6. The van der Waals surface area contributed by atoms with Crippen molar-refractivity contribution in [2.45, 2.75) is 0 Å². The molecule has 0 aliphatic heterocycles. The third kappa shape index (κ3) is 8.59. The highest BCUT2D eigenvalue weighted by Gasteiger charge is 2.20. The van der Waals surface area contributed by atoms with Gasteiger partial charge in [-0.2, -0.15) is 0 Å². The fourth-order valence-electron chi connectivity index (χ4n) is 11.8. The molecule has 386 valence electrons. The molecule has 82 heavy (non-hydrogen) atoms. The third-order valence-corrected chi connectivity index (χ3v) is 15.6. The van der Waals surface area contributed by atoms with Crippen molar-refractivity contribution in [3.05, 3.63) is 304 Å². The van der Waals surface area contributed by atoms with Gasteiger partial charge in [-0.3, -0.25) is 19.9 Å². The van der Waals surface area contributed by atoms with Crippen LogP contribution in [0.4, 0.5) is 34.1 Å². The molecular formula is C74H50N8. The van der Waals surface area contributed by atoms with Gasteiger partial charge in [0.25, 0.3) is 0 Å². The van der Waals surface area contributed by atoms with Gasteiger partial charge in [0.15, 0.2) is 0 Å². The number of benzene rings is 10. The van der Waals surface area contributed by atoms with Crippen molar-refractivity contribution in [2.75, 3.05) is 9.80 Å². The fourth-order valence-corrected chi connectivity index (χ4v) is 11.8. The summed E-state index contributed by atoms with van der Waals surface area (Å²) in [6.07, 6.45) is 11.3. The van der Waals surface area contributed by atoms with Crippen molar-refractivity contribution < 1.29 is 0 Å². The zero-order valence-corrected chi connectivity index (χ0v) is 44.4. The lowest BCUT2D eigenvalue weighted by Gasteiger charge is -2.25. The maximum atomic E-state index is 4.88. The van der Waals surface area contributed by atoms with E-state index in [1.54, 1.807) is 12.4 Å². The van der Waals surface area contributed by atoms with Crippen LogP contribution in [0, 0.1) is 0 Å². The highest BCUT2D eigenvalue weighted by atomic mass is 15.1. The minimum Gasteiger partial charge on any atom is -0.310 e. The van der Waals surface area contributed by atoms with Crippen molar-refractivity contribution in [3.63, 3.8) is 0 Å². The standard InChI is InChI=1S/C74H50N8/c1-5-13-57(14-6-1)79(58-15-7-2-8-16-58)63-37-39-69-65(47-63)67-49-75-43-41-71(67)81(69)61-33-29-53(30-34-61)51-21-25-55(26-22-51)73-74(78-46-45-77-73)56-27-23-52(24-28-56)54-31-35-62(36-32-54)82-70-40-38-64(48-66(70)68-50-76-44-42-72(68)82)80(59-17-9-3-10-18-59)60-19-11-4-12-20-60/h1-50H. The molecule has 8 heteroatoms. The van der Waals surface area contributed by atoms with E-state index in [1.165, 1.54) is 0 Å². The largest absolute Gasteiger partial charge is 0.310 e. The molecule has 15 rings (SSSR count). The van der Waals surface area contributed by atoms with Gasteiger partial charge < -0.3 is 18.9 Å². The molecule has 5 heterocycles. The van der Waals surface area contributed by atoms with Crippen LogP contribution in [-0.2, 0) is 0 Å². The highest BCUT2D eigenvalue weighted by molar-refractivity contribution is 6.11. The van der Waals surface area contributed by atoms with Crippen LogP contribution in [0.3, 0.4) is 0 Å². The molecular weight excluding hydrogens is 1000 g/mol. The minimum absolute atomic E-state index is 0.836. The Kier molecular flexibility index (Phi) is 12.0. The van der Waals surface area contributed by atoms with Crippen molar-refractivity contribution >= 4 is 77.7 Å². The number of nitrogens with zero attached hydrogens (tertiary/aromatic N) is 8. The van der Waals surface area contributed by atoms with Crippen LogP contribution in [0.2, 0.25) is 0 Å². The van der Waals surface area contributed by atoms with E-state index in [-0.39, 0.29) is 0 Å². The maximum absolute atomic E-state index is 4.88. The molecule has 10 aromatic carbocycles. The lowest BCUT2D eigenvalue weighted by Crippen LogP contribution is -2.09. The molecule has 0 atom stereocenters. The third-order valence-electron chi connectivity index (χ3n) is 15.6. The molecule has 15 aromatic rings. The van der Waals surface area contributed by atoms with Crippen molar-refractivity contribution in [1.82, 2.24) is 29.1 Å². The number of rotatable bonds is 12. The summed E-state index contributed by atoms with van der Waals surface area (Å²) >= 11 is 0. The summed E-state index contributed by atoms with van der Waals surface area (Å²) in [4.78, 5) is 23.5. The van der Waals surface area contributed by atoms with E-state index in [1.807, 2.05) is 24.8 Å². The first-order valence-electron chi connectivity index (χ1n) is 27.5. The molecule has 0 N–H and O–H groups in total. The second-order valence-corrected chi connectivity index (χ2v) is 20.4. The molecule has 8 nitrogen and oxygen atoms in total. The van der Waals surface area contributed by atoms with Gasteiger partial charge in [0.05, 0.1) is 33.5 Å². The van der Waals surface area contributed by atoms with Crippen LogP contribution in [0.15, 0.2) is 304 Å². The molecule has 0 saturated carbocycles. The topological polar surface area (TPSA) is 67.9 Å².